The summed E-state index contributed by atoms with van der Waals surface area (Å²) in [5.74, 6) is 0. The highest BCUT2D eigenvalue weighted by Crippen LogP contribution is 2.27. The molecule has 3 nitrogen and oxygen atoms in total. The summed E-state index contributed by atoms with van der Waals surface area (Å²) in [6, 6.07) is 9.44. The normalized spacial score (nSPS) is 17.2. The van der Waals surface area contributed by atoms with Crippen LogP contribution in [0.15, 0.2) is 24.3 Å². The van der Waals surface area contributed by atoms with Crippen molar-refractivity contribution in [2.75, 3.05) is 26.3 Å². The second kappa shape index (κ2) is 5.58. The van der Waals surface area contributed by atoms with Crippen LogP contribution in [0, 0.1) is 6.92 Å². The van der Waals surface area contributed by atoms with Crippen LogP contribution < -0.4 is 0 Å². The molecule has 0 atom stereocenters. The van der Waals surface area contributed by atoms with Crippen molar-refractivity contribution >= 4 is 10.9 Å². The Morgan fingerprint density at radius 2 is 1.95 bits per heavy atom. The average Bonchev–Trinajstić information content (AvgIpc) is 2.79. The monoisotopic (exact) mass is 272 g/mol. The molecule has 108 valence electrons. The fourth-order valence-electron chi connectivity index (χ4n) is 3.22. The third-order valence-corrected chi connectivity index (χ3v) is 4.15. The SMILES string of the molecule is Cc1cccc2cc(CN3CCOCC3)n(C(C)C)c12. The van der Waals surface area contributed by atoms with Gasteiger partial charge in [0, 0.05) is 36.8 Å². The highest BCUT2D eigenvalue weighted by Gasteiger charge is 2.17. The largest absolute Gasteiger partial charge is 0.379 e. The first-order chi connectivity index (χ1) is 9.66. The number of aromatic nitrogens is 1. The van der Waals surface area contributed by atoms with Gasteiger partial charge in [-0.1, -0.05) is 18.2 Å². The predicted octanol–water partition coefficient (Wildman–Crippen LogP) is 3.36. The Bertz CT molecular complexity index is 594. The van der Waals surface area contributed by atoms with Gasteiger partial charge in [0.1, 0.15) is 0 Å². The maximum atomic E-state index is 5.44. The number of hydrogen-bond donors (Lipinski definition) is 0. The minimum atomic E-state index is 0.490. The van der Waals surface area contributed by atoms with E-state index >= 15 is 0 Å². The number of benzene rings is 1. The fraction of sp³-hybridized carbons (Fsp3) is 0.529. The zero-order valence-electron chi connectivity index (χ0n) is 12.7. The zero-order valence-corrected chi connectivity index (χ0v) is 12.7. The van der Waals surface area contributed by atoms with Gasteiger partial charge >= 0.3 is 0 Å². The molecule has 0 spiro atoms. The van der Waals surface area contributed by atoms with E-state index in [1.54, 1.807) is 0 Å². The molecule has 1 saturated heterocycles. The Morgan fingerprint density at radius 3 is 2.65 bits per heavy atom. The van der Waals surface area contributed by atoms with Crippen LogP contribution in [0.3, 0.4) is 0 Å². The Hall–Kier alpha value is -1.32. The molecule has 1 fully saturated rings. The highest BCUT2D eigenvalue weighted by molar-refractivity contribution is 5.84. The standard InChI is InChI=1S/C17H24N2O/c1-13(2)19-16(12-18-7-9-20-10-8-18)11-15-6-4-5-14(3)17(15)19/h4-6,11,13H,7-10,12H2,1-3H3. The van der Waals surface area contributed by atoms with Crippen molar-refractivity contribution in [2.24, 2.45) is 0 Å². The number of rotatable bonds is 3. The summed E-state index contributed by atoms with van der Waals surface area (Å²) in [7, 11) is 0. The molecule has 1 aromatic heterocycles. The number of fused-ring (bicyclic) bond motifs is 1. The molecule has 1 aliphatic heterocycles. The van der Waals surface area contributed by atoms with Gasteiger partial charge in [0.15, 0.2) is 0 Å². The van der Waals surface area contributed by atoms with Gasteiger partial charge < -0.3 is 9.30 Å². The van der Waals surface area contributed by atoms with Crippen LogP contribution in [0.1, 0.15) is 31.1 Å². The molecule has 0 unspecified atom stereocenters. The molecular formula is C17H24N2O. The number of morpholine rings is 1. The number of ether oxygens (including phenoxy) is 1. The van der Waals surface area contributed by atoms with E-state index in [0.717, 1.165) is 32.8 Å². The molecule has 20 heavy (non-hydrogen) atoms. The minimum absolute atomic E-state index is 0.490. The summed E-state index contributed by atoms with van der Waals surface area (Å²) >= 11 is 0. The molecule has 0 amide bonds. The lowest BCUT2D eigenvalue weighted by atomic mass is 10.1. The molecule has 0 radical (unpaired) electrons. The van der Waals surface area contributed by atoms with Crippen LogP contribution in [0.25, 0.3) is 10.9 Å². The Kier molecular flexibility index (Phi) is 3.81. The smallest absolute Gasteiger partial charge is 0.0594 e. The van der Waals surface area contributed by atoms with Gasteiger partial charge in [0.2, 0.25) is 0 Å². The van der Waals surface area contributed by atoms with Crippen LogP contribution in [0.2, 0.25) is 0 Å². The first-order valence-corrected chi connectivity index (χ1v) is 7.56. The van der Waals surface area contributed by atoms with Crippen molar-refractivity contribution < 1.29 is 4.74 Å². The summed E-state index contributed by atoms with van der Waals surface area (Å²) < 4.78 is 7.94. The van der Waals surface area contributed by atoms with Crippen molar-refractivity contribution in [3.05, 3.63) is 35.5 Å². The van der Waals surface area contributed by atoms with Gasteiger partial charge in [-0.15, -0.1) is 0 Å². The van der Waals surface area contributed by atoms with E-state index in [2.05, 4.69) is 54.5 Å². The summed E-state index contributed by atoms with van der Waals surface area (Å²) in [6.45, 7) is 11.6. The van der Waals surface area contributed by atoms with Gasteiger partial charge in [-0.25, -0.2) is 0 Å². The van der Waals surface area contributed by atoms with Crippen LogP contribution >= 0.6 is 0 Å². The number of para-hydroxylation sites is 1. The molecule has 3 heteroatoms. The van der Waals surface area contributed by atoms with Crippen molar-refractivity contribution in [3.8, 4) is 0 Å². The quantitative estimate of drug-likeness (QED) is 0.852. The molecule has 2 heterocycles. The fourth-order valence-corrected chi connectivity index (χ4v) is 3.22. The van der Waals surface area contributed by atoms with E-state index in [9.17, 15) is 0 Å². The van der Waals surface area contributed by atoms with Crippen molar-refractivity contribution in [1.82, 2.24) is 9.47 Å². The Balaban J connectivity index is 2.01. The maximum absolute atomic E-state index is 5.44. The third-order valence-electron chi connectivity index (χ3n) is 4.15. The zero-order chi connectivity index (χ0) is 14.1. The van der Waals surface area contributed by atoms with Crippen molar-refractivity contribution in [1.29, 1.82) is 0 Å². The van der Waals surface area contributed by atoms with Gasteiger partial charge in [-0.2, -0.15) is 0 Å². The topological polar surface area (TPSA) is 17.4 Å². The molecular weight excluding hydrogens is 248 g/mol. The summed E-state index contributed by atoms with van der Waals surface area (Å²) in [4.78, 5) is 2.49. The molecule has 0 N–H and O–H groups in total. The third kappa shape index (κ3) is 2.48. The maximum Gasteiger partial charge on any atom is 0.0594 e. The highest BCUT2D eigenvalue weighted by atomic mass is 16.5. The summed E-state index contributed by atoms with van der Waals surface area (Å²) in [5, 5.41) is 1.36. The number of aryl methyl sites for hydroxylation is 1. The van der Waals surface area contributed by atoms with E-state index in [1.807, 2.05) is 0 Å². The molecule has 0 saturated carbocycles. The number of hydrogen-bond acceptors (Lipinski definition) is 2. The summed E-state index contributed by atoms with van der Waals surface area (Å²) in [6.07, 6.45) is 0. The molecule has 3 rings (SSSR count). The average molecular weight is 272 g/mol. The molecule has 0 aliphatic carbocycles. The second-order valence-electron chi connectivity index (χ2n) is 6.00. The molecule has 1 aliphatic rings. The van der Waals surface area contributed by atoms with Gasteiger partial charge in [0.05, 0.1) is 18.7 Å². The lowest BCUT2D eigenvalue weighted by Crippen LogP contribution is -2.36. The Labute approximate surface area is 121 Å². The van der Waals surface area contributed by atoms with E-state index in [1.165, 1.54) is 22.2 Å². The van der Waals surface area contributed by atoms with Crippen LogP contribution in [0.4, 0.5) is 0 Å². The van der Waals surface area contributed by atoms with E-state index < -0.39 is 0 Å². The van der Waals surface area contributed by atoms with E-state index in [-0.39, 0.29) is 0 Å². The van der Waals surface area contributed by atoms with E-state index in [4.69, 9.17) is 4.74 Å². The van der Waals surface area contributed by atoms with E-state index in [0.29, 0.717) is 6.04 Å². The first-order valence-electron chi connectivity index (χ1n) is 7.56. The molecule has 2 aromatic rings. The van der Waals surface area contributed by atoms with Gasteiger partial charge in [-0.3, -0.25) is 4.90 Å². The van der Waals surface area contributed by atoms with Crippen LogP contribution in [-0.4, -0.2) is 35.8 Å². The van der Waals surface area contributed by atoms with Gasteiger partial charge in [-0.05, 0) is 32.4 Å². The Morgan fingerprint density at radius 1 is 1.20 bits per heavy atom. The summed E-state index contributed by atoms with van der Waals surface area (Å²) in [5.41, 5.74) is 4.18. The first kappa shape index (κ1) is 13.7. The van der Waals surface area contributed by atoms with Crippen LogP contribution in [-0.2, 0) is 11.3 Å². The van der Waals surface area contributed by atoms with Gasteiger partial charge in [0.25, 0.3) is 0 Å². The molecule has 0 bridgehead atoms. The van der Waals surface area contributed by atoms with Crippen LogP contribution in [0.5, 0.6) is 0 Å². The van der Waals surface area contributed by atoms with Crippen molar-refractivity contribution in [2.45, 2.75) is 33.4 Å². The minimum Gasteiger partial charge on any atom is -0.379 e. The molecule has 1 aromatic carbocycles. The van der Waals surface area contributed by atoms with Crippen molar-refractivity contribution in [3.63, 3.8) is 0 Å². The second-order valence-corrected chi connectivity index (χ2v) is 6.00. The lowest BCUT2D eigenvalue weighted by molar-refractivity contribution is 0.0331. The predicted molar refractivity (Wildman–Crippen MR) is 83.2 cm³/mol. The number of nitrogens with zero attached hydrogens (tertiary/aromatic N) is 2. The lowest BCUT2D eigenvalue weighted by Gasteiger charge is -2.27.